The molecule has 0 spiro atoms. The molecule has 0 unspecified atom stereocenters. The van der Waals surface area contributed by atoms with Crippen molar-refractivity contribution in [2.75, 3.05) is 33.4 Å². The summed E-state index contributed by atoms with van der Waals surface area (Å²) >= 11 is 0. The number of nitrogens with zero attached hydrogens (tertiary/aromatic N) is 1. The Hall–Kier alpha value is -1.48. The van der Waals surface area contributed by atoms with Gasteiger partial charge in [0.2, 0.25) is 10.0 Å². The smallest absolute Gasteiger partial charge is 0.253 e. The minimum Gasteiger partial charge on any atom is -0.395 e. The van der Waals surface area contributed by atoms with Crippen molar-refractivity contribution < 1.29 is 23.1 Å². The first kappa shape index (κ1) is 17.9. The van der Waals surface area contributed by atoms with Crippen LogP contribution in [0.5, 0.6) is 0 Å². The zero-order chi connectivity index (χ0) is 16.9. The molecule has 0 aliphatic carbocycles. The summed E-state index contributed by atoms with van der Waals surface area (Å²) < 4.78 is 31.7. The summed E-state index contributed by atoms with van der Waals surface area (Å²) in [5.74, 6) is -0.203. The van der Waals surface area contributed by atoms with E-state index in [2.05, 4.69) is 4.72 Å². The molecule has 8 heteroatoms. The van der Waals surface area contributed by atoms with E-state index >= 15 is 0 Å². The van der Waals surface area contributed by atoms with E-state index in [0.717, 1.165) is 12.8 Å². The average molecular weight is 342 g/mol. The number of likely N-dealkylation sites (tertiary alicyclic amines) is 1. The van der Waals surface area contributed by atoms with Gasteiger partial charge in [-0.3, -0.25) is 4.79 Å². The second-order valence-corrected chi connectivity index (χ2v) is 7.17. The SMILES string of the molecule is CO[C@@H]1CCCN(C(=O)c2cccc(S(=O)(=O)NCCO)c2)C1. The van der Waals surface area contributed by atoms with Gasteiger partial charge in [-0.2, -0.15) is 0 Å². The fraction of sp³-hybridized carbons (Fsp3) is 0.533. The molecule has 1 aliphatic heterocycles. The van der Waals surface area contributed by atoms with Gasteiger partial charge >= 0.3 is 0 Å². The van der Waals surface area contributed by atoms with Crippen molar-refractivity contribution in [3.05, 3.63) is 29.8 Å². The molecular formula is C15H22N2O5S. The lowest BCUT2D eigenvalue weighted by molar-refractivity contribution is 0.0269. The number of nitrogens with one attached hydrogen (secondary N) is 1. The van der Waals surface area contributed by atoms with E-state index in [1.54, 1.807) is 24.1 Å². The summed E-state index contributed by atoms with van der Waals surface area (Å²) in [6.07, 6.45) is 1.80. The maximum absolute atomic E-state index is 12.6. The van der Waals surface area contributed by atoms with Gasteiger partial charge in [0, 0.05) is 32.3 Å². The summed E-state index contributed by atoms with van der Waals surface area (Å²) in [4.78, 5) is 14.3. The lowest BCUT2D eigenvalue weighted by Gasteiger charge is -2.32. The highest BCUT2D eigenvalue weighted by atomic mass is 32.2. The van der Waals surface area contributed by atoms with Crippen LogP contribution >= 0.6 is 0 Å². The van der Waals surface area contributed by atoms with Crippen LogP contribution in [0.1, 0.15) is 23.2 Å². The van der Waals surface area contributed by atoms with Crippen LogP contribution in [-0.4, -0.2) is 63.8 Å². The maximum Gasteiger partial charge on any atom is 0.253 e. The molecule has 23 heavy (non-hydrogen) atoms. The normalized spacial score (nSPS) is 18.9. The highest BCUT2D eigenvalue weighted by molar-refractivity contribution is 7.89. The van der Waals surface area contributed by atoms with Crippen molar-refractivity contribution in [3.8, 4) is 0 Å². The topological polar surface area (TPSA) is 95.9 Å². The molecule has 0 aromatic heterocycles. The third kappa shape index (κ3) is 4.51. The van der Waals surface area contributed by atoms with E-state index in [1.165, 1.54) is 12.1 Å². The van der Waals surface area contributed by atoms with Gasteiger partial charge in [0.15, 0.2) is 0 Å². The number of aliphatic hydroxyl groups is 1. The summed E-state index contributed by atoms with van der Waals surface area (Å²) in [6, 6.07) is 5.92. The zero-order valence-corrected chi connectivity index (χ0v) is 13.9. The molecular weight excluding hydrogens is 320 g/mol. The van der Waals surface area contributed by atoms with E-state index in [1.807, 2.05) is 0 Å². The molecule has 1 amide bonds. The Labute approximate surface area is 136 Å². The van der Waals surface area contributed by atoms with E-state index < -0.39 is 10.0 Å². The number of hydrogen-bond acceptors (Lipinski definition) is 5. The Morgan fingerprint density at radius 1 is 1.48 bits per heavy atom. The van der Waals surface area contributed by atoms with Gasteiger partial charge in [-0.1, -0.05) is 6.07 Å². The van der Waals surface area contributed by atoms with Gasteiger partial charge in [-0.05, 0) is 31.0 Å². The second-order valence-electron chi connectivity index (χ2n) is 5.40. The fourth-order valence-electron chi connectivity index (χ4n) is 2.56. The third-order valence-corrected chi connectivity index (χ3v) is 5.25. The lowest BCUT2D eigenvalue weighted by atomic mass is 10.1. The van der Waals surface area contributed by atoms with Gasteiger partial charge in [-0.25, -0.2) is 13.1 Å². The van der Waals surface area contributed by atoms with Crippen molar-refractivity contribution in [1.29, 1.82) is 0 Å². The van der Waals surface area contributed by atoms with E-state index in [9.17, 15) is 13.2 Å². The third-order valence-electron chi connectivity index (χ3n) is 3.79. The van der Waals surface area contributed by atoms with Crippen LogP contribution < -0.4 is 4.72 Å². The number of rotatable bonds is 6. The molecule has 2 N–H and O–H groups in total. The second kappa shape index (κ2) is 7.87. The molecule has 0 radical (unpaired) electrons. The number of methoxy groups -OCH3 is 1. The molecule has 7 nitrogen and oxygen atoms in total. The van der Waals surface area contributed by atoms with E-state index in [-0.39, 0.29) is 30.1 Å². The zero-order valence-electron chi connectivity index (χ0n) is 13.1. The number of amides is 1. The minimum absolute atomic E-state index is 0.0112. The first-order valence-corrected chi connectivity index (χ1v) is 8.99. The molecule has 1 aliphatic rings. The van der Waals surface area contributed by atoms with E-state index in [4.69, 9.17) is 9.84 Å². The lowest BCUT2D eigenvalue weighted by Crippen LogP contribution is -2.42. The van der Waals surface area contributed by atoms with Gasteiger partial charge in [0.25, 0.3) is 5.91 Å². The molecule has 0 saturated carbocycles. The van der Waals surface area contributed by atoms with Crippen molar-refractivity contribution in [3.63, 3.8) is 0 Å². The Kier molecular flexibility index (Phi) is 6.11. The van der Waals surface area contributed by atoms with Gasteiger partial charge in [-0.15, -0.1) is 0 Å². The quantitative estimate of drug-likeness (QED) is 0.770. The molecule has 1 fully saturated rings. The van der Waals surface area contributed by atoms with E-state index in [0.29, 0.717) is 18.7 Å². The highest BCUT2D eigenvalue weighted by Crippen LogP contribution is 2.18. The Balaban J connectivity index is 2.17. The number of benzene rings is 1. The first-order chi connectivity index (χ1) is 11.0. The molecule has 1 aromatic rings. The predicted molar refractivity (Wildman–Crippen MR) is 84.7 cm³/mol. The average Bonchev–Trinajstić information content (AvgIpc) is 2.59. The highest BCUT2D eigenvalue weighted by Gasteiger charge is 2.25. The van der Waals surface area contributed by atoms with Gasteiger partial charge in [0.1, 0.15) is 0 Å². The van der Waals surface area contributed by atoms with Crippen LogP contribution in [0.15, 0.2) is 29.2 Å². The van der Waals surface area contributed by atoms with Crippen molar-refractivity contribution in [2.24, 2.45) is 0 Å². The summed E-state index contributed by atoms with van der Waals surface area (Å²) in [5, 5.41) is 8.74. The fourth-order valence-corrected chi connectivity index (χ4v) is 3.62. The maximum atomic E-state index is 12.6. The molecule has 1 atom stereocenters. The molecule has 0 bridgehead atoms. The first-order valence-electron chi connectivity index (χ1n) is 7.50. The van der Waals surface area contributed by atoms with Crippen LogP contribution in [0.3, 0.4) is 0 Å². The number of carbonyl (C=O) groups is 1. The monoisotopic (exact) mass is 342 g/mol. The Morgan fingerprint density at radius 3 is 2.96 bits per heavy atom. The molecule has 1 aromatic carbocycles. The van der Waals surface area contributed by atoms with Crippen molar-refractivity contribution >= 4 is 15.9 Å². The number of hydrogen-bond donors (Lipinski definition) is 2. The molecule has 128 valence electrons. The Bertz CT molecular complexity index is 647. The van der Waals surface area contributed by atoms with Gasteiger partial charge in [0.05, 0.1) is 17.6 Å². The van der Waals surface area contributed by atoms with Crippen molar-refractivity contribution in [1.82, 2.24) is 9.62 Å². The number of sulfonamides is 1. The number of ether oxygens (including phenoxy) is 1. The molecule has 1 saturated heterocycles. The van der Waals surface area contributed by atoms with Crippen LogP contribution in [-0.2, 0) is 14.8 Å². The number of carbonyl (C=O) groups excluding carboxylic acids is 1. The van der Waals surface area contributed by atoms with Crippen LogP contribution in [0, 0.1) is 0 Å². The van der Waals surface area contributed by atoms with Crippen LogP contribution in [0.2, 0.25) is 0 Å². The molecule has 2 rings (SSSR count). The molecule has 1 heterocycles. The van der Waals surface area contributed by atoms with Gasteiger partial charge < -0.3 is 14.7 Å². The minimum atomic E-state index is -3.73. The summed E-state index contributed by atoms with van der Waals surface area (Å²) in [5.41, 5.74) is 0.327. The summed E-state index contributed by atoms with van der Waals surface area (Å²) in [7, 11) is -2.11. The Morgan fingerprint density at radius 2 is 2.26 bits per heavy atom. The van der Waals surface area contributed by atoms with Crippen LogP contribution in [0.4, 0.5) is 0 Å². The predicted octanol–water partition coefficient (Wildman–Crippen LogP) is 0.208. The largest absolute Gasteiger partial charge is 0.395 e. The standard InChI is InChI=1S/C15H22N2O5S/c1-22-13-5-3-8-17(11-13)15(19)12-4-2-6-14(10-12)23(20,21)16-7-9-18/h2,4,6,10,13,16,18H,3,5,7-9,11H2,1H3/t13-/m1/s1. The van der Waals surface area contributed by atoms with Crippen LogP contribution in [0.25, 0.3) is 0 Å². The number of aliphatic hydroxyl groups excluding tert-OH is 1. The number of piperidine rings is 1. The van der Waals surface area contributed by atoms with Crippen molar-refractivity contribution in [2.45, 2.75) is 23.8 Å². The summed E-state index contributed by atoms with van der Waals surface area (Å²) in [6.45, 7) is 0.791.